The summed E-state index contributed by atoms with van der Waals surface area (Å²) in [6.45, 7) is 2.84. The second-order valence-electron chi connectivity index (χ2n) is 7.11. The third-order valence-electron chi connectivity index (χ3n) is 4.95. The van der Waals surface area contributed by atoms with E-state index in [0.29, 0.717) is 12.5 Å². The number of methoxy groups -OCH3 is 1. The molecule has 3 rings (SSSR count). The van der Waals surface area contributed by atoms with E-state index in [1.54, 1.807) is 7.11 Å². The maximum Gasteiger partial charge on any atom is 0.119 e. The monoisotopic (exact) mass is 325 g/mol. The van der Waals surface area contributed by atoms with Crippen molar-refractivity contribution < 1.29 is 9.47 Å². The van der Waals surface area contributed by atoms with Crippen LogP contribution in [0.2, 0.25) is 0 Å². The molecule has 1 fully saturated rings. The average Bonchev–Trinajstić information content (AvgIpc) is 2.96. The molecule has 0 saturated heterocycles. The third kappa shape index (κ3) is 4.30. The van der Waals surface area contributed by atoms with Crippen LogP contribution in [0.1, 0.15) is 43.2 Å². The Hall–Kier alpha value is -2.00. The molecule has 1 aliphatic rings. The van der Waals surface area contributed by atoms with Gasteiger partial charge in [0.05, 0.1) is 13.7 Å². The molecule has 3 nitrogen and oxygen atoms in total. The van der Waals surface area contributed by atoms with Crippen molar-refractivity contribution in [2.24, 2.45) is 5.73 Å². The van der Waals surface area contributed by atoms with Crippen LogP contribution in [0, 0.1) is 0 Å². The van der Waals surface area contributed by atoms with Gasteiger partial charge in [-0.25, -0.2) is 0 Å². The highest BCUT2D eigenvalue weighted by Crippen LogP contribution is 2.39. The van der Waals surface area contributed by atoms with E-state index in [4.69, 9.17) is 15.2 Å². The van der Waals surface area contributed by atoms with E-state index >= 15 is 0 Å². The highest BCUT2D eigenvalue weighted by atomic mass is 16.5. The first-order valence-corrected chi connectivity index (χ1v) is 8.70. The predicted octanol–water partition coefficient (Wildman–Crippen LogP) is 4.30. The molecule has 24 heavy (non-hydrogen) atoms. The molecule has 2 atom stereocenters. The molecule has 0 amide bonds. The number of hydrogen-bond donors (Lipinski definition) is 1. The Morgan fingerprint density at radius 2 is 1.71 bits per heavy atom. The minimum Gasteiger partial charge on any atom is -0.497 e. The zero-order chi connectivity index (χ0) is 17.0. The third-order valence-corrected chi connectivity index (χ3v) is 4.95. The molecule has 0 aliphatic heterocycles. The normalized spacial score (nSPS) is 23.2. The van der Waals surface area contributed by atoms with Crippen molar-refractivity contribution in [3.63, 3.8) is 0 Å². The molecular weight excluding hydrogens is 298 g/mol. The van der Waals surface area contributed by atoms with Crippen LogP contribution in [-0.2, 0) is 6.42 Å². The zero-order valence-corrected chi connectivity index (χ0v) is 14.6. The van der Waals surface area contributed by atoms with Crippen molar-refractivity contribution >= 4 is 0 Å². The number of ether oxygens (including phenoxy) is 2. The molecule has 0 radical (unpaired) electrons. The Morgan fingerprint density at radius 1 is 1.04 bits per heavy atom. The lowest BCUT2D eigenvalue weighted by Crippen LogP contribution is -2.32. The van der Waals surface area contributed by atoms with Crippen molar-refractivity contribution in [2.75, 3.05) is 13.7 Å². The van der Waals surface area contributed by atoms with E-state index in [1.165, 1.54) is 17.5 Å². The summed E-state index contributed by atoms with van der Waals surface area (Å²) < 4.78 is 10.9. The molecule has 0 aromatic heterocycles. The molecule has 2 aromatic carbocycles. The topological polar surface area (TPSA) is 44.5 Å². The molecule has 1 saturated carbocycles. The van der Waals surface area contributed by atoms with E-state index in [1.807, 2.05) is 24.3 Å². The van der Waals surface area contributed by atoms with Crippen molar-refractivity contribution in [3.8, 4) is 11.5 Å². The van der Waals surface area contributed by atoms with E-state index in [9.17, 15) is 0 Å². The first-order valence-electron chi connectivity index (χ1n) is 8.70. The molecule has 0 spiro atoms. The van der Waals surface area contributed by atoms with Gasteiger partial charge in [0.15, 0.2) is 0 Å². The van der Waals surface area contributed by atoms with Crippen LogP contribution < -0.4 is 15.2 Å². The van der Waals surface area contributed by atoms with E-state index in [0.717, 1.165) is 30.8 Å². The van der Waals surface area contributed by atoms with Crippen molar-refractivity contribution in [1.82, 2.24) is 0 Å². The Bertz CT molecular complexity index is 647. The zero-order valence-electron chi connectivity index (χ0n) is 14.6. The summed E-state index contributed by atoms with van der Waals surface area (Å²) in [5.74, 6) is 2.34. The van der Waals surface area contributed by atoms with Gasteiger partial charge in [0.2, 0.25) is 0 Å². The first kappa shape index (κ1) is 16.8. The fraction of sp³-hybridized carbons (Fsp3) is 0.429. The molecule has 0 bridgehead atoms. The molecular formula is C21H27NO2. The van der Waals surface area contributed by atoms with Crippen LogP contribution >= 0.6 is 0 Å². The predicted molar refractivity (Wildman–Crippen MR) is 97.8 cm³/mol. The van der Waals surface area contributed by atoms with E-state index < -0.39 is 0 Å². The number of hydrogen-bond acceptors (Lipinski definition) is 3. The Balaban J connectivity index is 1.49. The van der Waals surface area contributed by atoms with Crippen LogP contribution in [0.25, 0.3) is 0 Å². The Kier molecular flexibility index (Phi) is 5.10. The van der Waals surface area contributed by atoms with Gasteiger partial charge in [-0.3, -0.25) is 0 Å². The quantitative estimate of drug-likeness (QED) is 0.861. The molecule has 1 aliphatic carbocycles. The van der Waals surface area contributed by atoms with Crippen LogP contribution in [0.15, 0.2) is 48.5 Å². The lowest BCUT2D eigenvalue weighted by atomic mass is 9.93. The van der Waals surface area contributed by atoms with Gasteiger partial charge in [0, 0.05) is 12.0 Å². The number of benzene rings is 2. The van der Waals surface area contributed by atoms with Crippen molar-refractivity contribution in [3.05, 3.63) is 59.7 Å². The fourth-order valence-electron chi connectivity index (χ4n) is 3.47. The van der Waals surface area contributed by atoms with Gasteiger partial charge in [0.1, 0.15) is 11.5 Å². The Labute approximate surface area is 144 Å². The standard InChI is InChI=1S/C21H27NO2/c1-21(22)13-11-18(15-21)17-5-3-16(4-6-17)12-14-24-20-9-7-19(23-2)8-10-20/h3-10,18H,11-15,22H2,1-2H3/t18-,21-/m1/s1. The van der Waals surface area contributed by atoms with Gasteiger partial charge in [0.25, 0.3) is 0 Å². The molecule has 0 unspecified atom stereocenters. The smallest absolute Gasteiger partial charge is 0.119 e. The van der Waals surface area contributed by atoms with Crippen LogP contribution in [-0.4, -0.2) is 19.3 Å². The van der Waals surface area contributed by atoms with Gasteiger partial charge in [-0.15, -0.1) is 0 Å². The molecule has 0 heterocycles. The second kappa shape index (κ2) is 7.27. The summed E-state index contributed by atoms with van der Waals surface area (Å²) in [5, 5.41) is 0. The second-order valence-corrected chi connectivity index (χ2v) is 7.11. The number of nitrogens with two attached hydrogens (primary N) is 1. The molecule has 3 heteroatoms. The SMILES string of the molecule is COc1ccc(OCCc2ccc([C@@H]3CC[C@@](C)(N)C3)cc2)cc1. The van der Waals surface area contributed by atoms with Crippen LogP contribution in [0.4, 0.5) is 0 Å². The summed E-state index contributed by atoms with van der Waals surface area (Å²) >= 11 is 0. The average molecular weight is 325 g/mol. The van der Waals surface area contributed by atoms with Gasteiger partial charge in [-0.1, -0.05) is 24.3 Å². The lowest BCUT2D eigenvalue weighted by molar-refractivity contribution is 0.321. The summed E-state index contributed by atoms with van der Waals surface area (Å²) in [4.78, 5) is 0. The van der Waals surface area contributed by atoms with E-state index in [2.05, 4.69) is 31.2 Å². The van der Waals surface area contributed by atoms with Gasteiger partial charge < -0.3 is 15.2 Å². The van der Waals surface area contributed by atoms with Crippen molar-refractivity contribution in [2.45, 2.75) is 44.1 Å². The summed E-state index contributed by atoms with van der Waals surface area (Å²) in [7, 11) is 1.67. The Morgan fingerprint density at radius 3 is 2.29 bits per heavy atom. The number of rotatable bonds is 6. The van der Waals surface area contributed by atoms with E-state index in [-0.39, 0.29) is 5.54 Å². The summed E-state index contributed by atoms with van der Waals surface area (Å²) in [6, 6.07) is 16.7. The van der Waals surface area contributed by atoms with Gasteiger partial charge in [-0.05, 0) is 67.5 Å². The lowest BCUT2D eigenvalue weighted by Gasteiger charge is -2.17. The van der Waals surface area contributed by atoms with Crippen LogP contribution in [0.5, 0.6) is 11.5 Å². The largest absolute Gasteiger partial charge is 0.497 e. The van der Waals surface area contributed by atoms with Crippen molar-refractivity contribution in [1.29, 1.82) is 0 Å². The minimum atomic E-state index is 0.00947. The summed E-state index contributed by atoms with van der Waals surface area (Å²) in [6.07, 6.45) is 4.32. The van der Waals surface area contributed by atoms with Gasteiger partial charge >= 0.3 is 0 Å². The minimum absolute atomic E-state index is 0.00947. The van der Waals surface area contributed by atoms with Crippen LogP contribution in [0.3, 0.4) is 0 Å². The summed E-state index contributed by atoms with van der Waals surface area (Å²) in [5.41, 5.74) is 8.99. The fourth-order valence-corrected chi connectivity index (χ4v) is 3.47. The maximum atomic E-state index is 6.25. The first-order chi connectivity index (χ1) is 11.6. The molecule has 2 aromatic rings. The highest BCUT2D eigenvalue weighted by molar-refractivity contribution is 5.31. The highest BCUT2D eigenvalue weighted by Gasteiger charge is 2.32. The maximum absolute atomic E-state index is 6.25. The molecule has 128 valence electrons. The van der Waals surface area contributed by atoms with Gasteiger partial charge in [-0.2, -0.15) is 0 Å². The molecule has 2 N–H and O–H groups in total.